The van der Waals surface area contributed by atoms with Crippen molar-refractivity contribution in [1.82, 2.24) is 14.9 Å². The number of amides is 1. The van der Waals surface area contributed by atoms with Crippen molar-refractivity contribution in [2.75, 3.05) is 44.8 Å². The van der Waals surface area contributed by atoms with Gasteiger partial charge in [0.05, 0.1) is 19.0 Å². The molecule has 9 heteroatoms. The van der Waals surface area contributed by atoms with Gasteiger partial charge >= 0.3 is 0 Å². The summed E-state index contributed by atoms with van der Waals surface area (Å²) in [5.74, 6) is 1.33. The lowest BCUT2D eigenvalue weighted by atomic mass is 10.2. The third-order valence-corrected chi connectivity index (χ3v) is 3.91. The van der Waals surface area contributed by atoms with Crippen molar-refractivity contribution >= 4 is 23.7 Å². The molecule has 0 aliphatic carbocycles. The zero-order valence-corrected chi connectivity index (χ0v) is 13.8. The third kappa shape index (κ3) is 4.43. The van der Waals surface area contributed by atoms with Crippen molar-refractivity contribution in [3.63, 3.8) is 0 Å². The van der Waals surface area contributed by atoms with Gasteiger partial charge in [0.1, 0.15) is 6.10 Å². The van der Waals surface area contributed by atoms with E-state index < -0.39 is 0 Å². The number of methoxy groups -OCH3 is 1. The molecular formula is C14H21ClN4O4. The first-order valence-corrected chi connectivity index (χ1v) is 7.81. The second-order valence-electron chi connectivity index (χ2n) is 5.21. The summed E-state index contributed by atoms with van der Waals surface area (Å²) in [6, 6.07) is 1.72. The summed E-state index contributed by atoms with van der Waals surface area (Å²) in [5, 5.41) is 0. The number of anilines is 1. The quantitative estimate of drug-likeness (QED) is 0.851. The Hall–Kier alpha value is -1.64. The SMILES string of the molecule is COc1ccnc(N2CCN(C(=O)C3CCCO3)CC2)n1.OCl. The molecule has 2 aliphatic heterocycles. The summed E-state index contributed by atoms with van der Waals surface area (Å²) in [6.07, 6.45) is 3.28. The van der Waals surface area contributed by atoms with Crippen LogP contribution >= 0.6 is 11.9 Å². The lowest BCUT2D eigenvalue weighted by Gasteiger charge is -2.35. The van der Waals surface area contributed by atoms with Gasteiger partial charge in [-0.05, 0) is 12.8 Å². The van der Waals surface area contributed by atoms with Crippen LogP contribution in [0.25, 0.3) is 0 Å². The fraction of sp³-hybridized carbons (Fsp3) is 0.643. The molecule has 3 rings (SSSR count). The van der Waals surface area contributed by atoms with Crippen molar-refractivity contribution < 1.29 is 18.9 Å². The standard InChI is InChI=1S/C14H20N4O3.ClHO/c1-20-12-4-5-15-14(16-12)18-8-6-17(7-9-18)13(19)11-3-2-10-21-11;1-2/h4-5,11H,2-3,6-10H2,1H3;2H. The first kappa shape index (κ1) is 17.7. The number of carbonyl (C=O) groups excluding carboxylic acids is 1. The highest BCUT2D eigenvalue weighted by molar-refractivity contribution is 6.04. The molecule has 8 nitrogen and oxygen atoms in total. The van der Waals surface area contributed by atoms with Gasteiger partial charge in [0.25, 0.3) is 5.91 Å². The number of ether oxygens (including phenoxy) is 2. The van der Waals surface area contributed by atoms with Crippen LogP contribution < -0.4 is 9.64 Å². The predicted molar refractivity (Wildman–Crippen MR) is 84.4 cm³/mol. The highest BCUT2D eigenvalue weighted by atomic mass is 35.5. The van der Waals surface area contributed by atoms with E-state index in [0.717, 1.165) is 25.9 Å². The minimum absolute atomic E-state index is 0.124. The minimum atomic E-state index is -0.232. The third-order valence-electron chi connectivity index (χ3n) is 3.91. The molecule has 1 aromatic rings. The minimum Gasteiger partial charge on any atom is -0.481 e. The van der Waals surface area contributed by atoms with Gasteiger partial charge in [0, 0.05) is 45.0 Å². The summed E-state index contributed by atoms with van der Waals surface area (Å²) >= 11 is 3.64. The predicted octanol–water partition coefficient (Wildman–Crippen LogP) is 0.445. The monoisotopic (exact) mass is 344 g/mol. The van der Waals surface area contributed by atoms with Crippen molar-refractivity contribution in [2.45, 2.75) is 18.9 Å². The number of hydrogen-bond donors (Lipinski definition) is 1. The van der Waals surface area contributed by atoms with Crippen LogP contribution in [0.5, 0.6) is 5.88 Å². The van der Waals surface area contributed by atoms with Crippen LogP contribution in [-0.4, -0.2) is 71.4 Å². The lowest BCUT2D eigenvalue weighted by Crippen LogP contribution is -2.51. The fourth-order valence-corrected chi connectivity index (χ4v) is 2.70. The van der Waals surface area contributed by atoms with Crippen LogP contribution in [0.15, 0.2) is 12.3 Å². The lowest BCUT2D eigenvalue weighted by molar-refractivity contribution is -0.141. The van der Waals surface area contributed by atoms with E-state index in [4.69, 9.17) is 14.1 Å². The Kier molecular flexibility index (Phi) is 6.82. The molecule has 1 amide bonds. The molecule has 128 valence electrons. The van der Waals surface area contributed by atoms with Crippen molar-refractivity contribution in [3.8, 4) is 5.88 Å². The molecule has 0 radical (unpaired) electrons. The first-order valence-electron chi connectivity index (χ1n) is 7.47. The van der Waals surface area contributed by atoms with E-state index in [1.807, 2.05) is 4.90 Å². The molecule has 0 bridgehead atoms. The Morgan fingerprint density at radius 2 is 2.13 bits per heavy atom. The number of halogens is 1. The average molecular weight is 345 g/mol. The maximum absolute atomic E-state index is 12.3. The molecule has 0 saturated carbocycles. The summed E-state index contributed by atoms with van der Waals surface area (Å²) in [4.78, 5) is 24.8. The average Bonchev–Trinajstić information content (AvgIpc) is 3.18. The molecule has 0 spiro atoms. The second kappa shape index (κ2) is 8.85. The molecule has 3 heterocycles. The zero-order valence-electron chi connectivity index (χ0n) is 13.0. The second-order valence-corrected chi connectivity index (χ2v) is 5.21. The van der Waals surface area contributed by atoms with Crippen molar-refractivity contribution in [1.29, 1.82) is 0 Å². The molecule has 2 aliphatic rings. The summed E-state index contributed by atoms with van der Waals surface area (Å²) < 4.78 is 17.0. The van der Waals surface area contributed by atoms with Gasteiger partial charge in [-0.2, -0.15) is 4.98 Å². The molecular weight excluding hydrogens is 324 g/mol. The van der Waals surface area contributed by atoms with Gasteiger partial charge in [-0.3, -0.25) is 9.45 Å². The van der Waals surface area contributed by atoms with Crippen LogP contribution in [-0.2, 0) is 9.53 Å². The number of hydrogen-bond acceptors (Lipinski definition) is 7. The van der Waals surface area contributed by atoms with Crippen LogP contribution in [0.1, 0.15) is 12.8 Å². The molecule has 1 N–H and O–H groups in total. The molecule has 23 heavy (non-hydrogen) atoms. The highest BCUT2D eigenvalue weighted by Gasteiger charge is 2.30. The summed E-state index contributed by atoms with van der Waals surface area (Å²) in [6.45, 7) is 3.52. The van der Waals surface area contributed by atoms with E-state index in [0.29, 0.717) is 31.5 Å². The smallest absolute Gasteiger partial charge is 0.251 e. The van der Waals surface area contributed by atoms with Gasteiger partial charge in [0.15, 0.2) is 0 Å². The summed E-state index contributed by atoms with van der Waals surface area (Å²) in [5.41, 5.74) is 0. The van der Waals surface area contributed by atoms with Gasteiger partial charge in [-0.1, -0.05) is 0 Å². The van der Waals surface area contributed by atoms with Crippen LogP contribution in [0.4, 0.5) is 5.95 Å². The zero-order chi connectivity index (χ0) is 16.7. The van der Waals surface area contributed by atoms with Gasteiger partial charge in [-0.25, -0.2) is 4.98 Å². The van der Waals surface area contributed by atoms with Crippen LogP contribution in [0.2, 0.25) is 0 Å². The van der Waals surface area contributed by atoms with E-state index in [9.17, 15) is 4.79 Å². The molecule has 2 fully saturated rings. The fourth-order valence-electron chi connectivity index (χ4n) is 2.70. The Morgan fingerprint density at radius 3 is 2.74 bits per heavy atom. The Morgan fingerprint density at radius 1 is 1.39 bits per heavy atom. The van der Waals surface area contributed by atoms with Crippen molar-refractivity contribution in [3.05, 3.63) is 12.3 Å². The van der Waals surface area contributed by atoms with E-state index in [1.54, 1.807) is 19.4 Å². The van der Waals surface area contributed by atoms with Gasteiger partial charge in [-0.15, -0.1) is 0 Å². The number of rotatable bonds is 3. The number of aromatic nitrogens is 2. The molecule has 1 aromatic heterocycles. The van der Waals surface area contributed by atoms with E-state index in [-0.39, 0.29) is 12.0 Å². The van der Waals surface area contributed by atoms with Crippen molar-refractivity contribution in [2.24, 2.45) is 0 Å². The Balaban J connectivity index is 0.000000924. The maximum Gasteiger partial charge on any atom is 0.251 e. The maximum atomic E-state index is 12.3. The van der Waals surface area contributed by atoms with E-state index in [2.05, 4.69) is 26.7 Å². The van der Waals surface area contributed by atoms with Crippen LogP contribution in [0.3, 0.4) is 0 Å². The summed E-state index contributed by atoms with van der Waals surface area (Å²) in [7, 11) is 1.59. The normalized spacial score (nSPS) is 20.7. The molecule has 1 atom stereocenters. The number of carbonyl (C=O) groups is 1. The number of piperazine rings is 1. The molecule has 2 saturated heterocycles. The number of nitrogens with zero attached hydrogens (tertiary/aromatic N) is 4. The van der Waals surface area contributed by atoms with E-state index in [1.165, 1.54) is 0 Å². The van der Waals surface area contributed by atoms with Gasteiger partial charge < -0.3 is 19.3 Å². The Labute approximate surface area is 140 Å². The largest absolute Gasteiger partial charge is 0.481 e. The molecule has 0 aromatic carbocycles. The van der Waals surface area contributed by atoms with Gasteiger partial charge in [0.2, 0.25) is 11.8 Å². The first-order chi connectivity index (χ1) is 11.3. The van der Waals surface area contributed by atoms with Crippen LogP contribution in [0, 0.1) is 0 Å². The Bertz CT molecular complexity index is 505. The molecule has 1 unspecified atom stereocenters. The van der Waals surface area contributed by atoms with E-state index >= 15 is 0 Å². The highest BCUT2D eigenvalue weighted by Crippen LogP contribution is 2.18. The topological polar surface area (TPSA) is 88.0 Å².